The van der Waals surface area contributed by atoms with Gasteiger partial charge >= 0.3 is 0 Å². The number of fused-ring (bicyclic) bond motifs is 1. The summed E-state index contributed by atoms with van der Waals surface area (Å²) in [5.41, 5.74) is 2.61. The highest BCUT2D eigenvalue weighted by molar-refractivity contribution is 5.27. The van der Waals surface area contributed by atoms with E-state index >= 15 is 0 Å². The smallest absolute Gasteiger partial charge is 0.0938 e. The van der Waals surface area contributed by atoms with Crippen molar-refractivity contribution < 1.29 is 9.94 Å². The SMILES string of the molecule is OCCN1CCc2ccccc2CO1. The van der Waals surface area contributed by atoms with Gasteiger partial charge in [0.05, 0.1) is 13.2 Å². The van der Waals surface area contributed by atoms with Gasteiger partial charge in [0.25, 0.3) is 0 Å². The van der Waals surface area contributed by atoms with Crippen molar-refractivity contribution in [3.05, 3.63) is 35.4 Å². The van der Waals surface area contributed by atoms with E-state index in [1.807, 2.05) is 11.1 Å². The first-order chi connectivity index (χ1) is 6.90. The zero-order valence-electron chi connectivity index (χ0n) is 8.15. The van der Waals surface area contributed by atoms with Crippen LogP contribution in [-0.4, -0.2) is 29.9 Å². The first-order valence-electron chi connectivity index (χ1n) is 4.95. The average Bonchev–Trinajstić information content (AvgIpc) is 2.42. The molecule has 1 aliphatic heterocycles. The van der Waals surface area contributed by atoms with Gasteiger partial charge in [-0.25, -0.2) is 0 Å². The van der Waals surface area contributed by atoms with Crippen LogP contribution in [0, 0.1) is 0 Å². The molecule has 0 saturated carbocycles. The van der Waals surface area contributed by atoms with Gasteiger partial charge in [0, 0.05) is 13.1 Å². The van der Waals surface area contributed by atoms with Crippen LogP contribution in [0.2, 0.25) is 0 Å². The van der Waals surface area contributed by atoms with Gasteiger partial charge in [-0.1, -0.05) is 24.3 Å². The summed E-state index contributed by atoms with van der Waals surface area (Å²) in [6.45, 7) is 2.22. The molecule has 1 N–H and O–H groups in total. The molecule has 0 amide bonds. The van der Waals surface area contributed by atoms with Crippen LogP contribution in [0.25, 0.3) is 0 Å². The van der Waals surface area contributed by atoms with Crippen LogP contribution in [0.4, 0.5) is 0 Å². The lowest BCUT2D eigenvalue weighted by Gasteiger charge is -2.17. The standard InChI is InChI=1S/C11H15NO2/c13-8-7-12-6-5-10-3-1-2-4-11(10)9-14-12/h1-4,13H,5-9H2. The minimum absolute atomic E-state index is 0.149. The second kappa shape index (κ2) is 4.55. The van der Waals surface area contributed by atoms with Crippen molar-refractivity contribution in [2.24, 2.45) is 0 Å². The van der Waals surface area contributed by atoms with Crippen LogP contribution in [0.3, 0.4) is 0 Å². The molecular weight excluding hydrogens is 178 g/mol. The third-order valence-corrected chi connectivity index (χ3v) is 2.50. The highest BCUT2D eigenvalue weighted by atomic mass is 16.7. The molecule has 0 unspecified atom stereocenters. The van der Waals surface area contributed by atoms with E-state index in [9.17, 15) is 0 Å². The van der Waals surface area contributed by atoms with Crippen molar-refractivity contribution >= 4 is 0 Å². The Balaban J connectivity index is 2.06. The van der Waals surface area contributed by atoms with Crippen molar-refractivity contribution in [3.8, 4) is 0 Å². The summed E-state index contributed by atoms with van der Waals surface area (Å²) in [4.78, 5) is 5.54. The van der Waals surface area contributed by atoms with Crippen molar-refractivity contribution in [1.82, 2.24) is 5.06 Å². The Morgan fingerprint density at radius 3 is 2.86 bits per heavy atom. The molecule has 0 aromatic heterocycles. The Labute approximate surface area is 83.9 Å². The van der Waals surface area contributed by atoms with Gasteiger partial charge in [0.2, 0.25) is 0 Å². The van der Waals surface area contributed by atoms with E-state index in [1.165, 1.54) is 11.1 Å². The Morgan fingerprint density at radius 1 is 1.29 bits per heavy atom. The Bertz CT molecular complexity index is 274. The highest BCUT2D eigenvalue weighted by Gasteiger charge is 2.12. The van der Waals surface area contributed by atoms with E-state index in [0.717, 1.165) is 13.0 Å². The van der Waals surface area contributed by atoms with Crippen LogP contribution >= 0.6 is 0 Å². The zero-order chi connectivity index (χ0) is 9.80. The minimum Gasteiger partial charge on any atom is -0.395 e. The quantitative estimate of drug-likeness (QED) is 0.759. The fourth-order valence-corrected chi connectivity index (χ4v) is 1.70. The fraction of sp³-hybridized carbons (Fsp3) is 0.455. The second-order valence-corrected chi connectivity index (χ2v) is 3.44. The normalized spacial score (nSPS) is 17.5. The van der Waals surface area contributed by atoms with Gasteiger partial charge < -0.3 is 5.11 Å². The third kappa shape index (κ3) is 2.12. The number of nitrogens with zero attached hydrogens (tertiary/aromatic N) is 1. The van der Waals surface area contributed by atoms with Crippen molar-refractivity contribution in [2.45, 2.75) is 13.0 Å². The lowest BCUT2D eigenvalue weighted by atomic mass is 10.1. The fourth-order valence-electron chi connectivity index (χ4n) is 1.70. The molecule has 0 saturated heterocycles. The number of benzene rings is 1. The summed E-state index contributed by atoms with van der Waals surface area (Å²) in [7, 11) is 0. The molecule has 0 aliphatic carbocycles. The Kier molecular flexibility index (Phi) is 3.14. The Hall–Kier alpha value is -0.900. The van der Waals surface area contributed by atoms with Gasteiger partial charge in [-0.15, -0.1) is 0 Å². The van der Waals surface area contributed by atoms with Crippen molar-refractivity contribution in [1.29, 1.82) is 0 Å². The van der Waals surface area contributed by atoms with Crippen molar-refractivity contribution in [3.63, 3.8) is 0 Å². The molecule has 3 heteroatoms. The molecule has 0 radical (unpaired) electrons. The van der Waals surface area contributed by atoms with Crippen LogP contribution < -0.4 is 0 Å². The molecule has 1 heterocycles. The molecule has 1 aromatic rings. The summed E-state index contributed by atoms with van der Waals surface area (Å²) >= 11 is 0. The molecule has 0 atom stereocenters. The van der Waals surface area contributed by atoms with E-state index in [0.29, 0.717) is 13.2 Å². The number of aliphatic hydroxyl groups is 1. The summed E-state index contributed by atoms with van der Waals surface area (Å²) < 4.78 is 0. The van der Waals surface area contributed by atoms with Crippen LogP contribution in [0.1, 0.15) is 11.1 Å². The summed E-state index contributed by atoms with van der Waals surface area (Å²) in [5.74, 6) is 0. The lowest BCUT2D eigenvalue weighted by Crippen LogP contribution is -2.27. The van der Waals surface area contributed by atoms with Crippen LogP contribution in [0.5, 0.6) is 0 Å². The van der Waals surface area contributed by atoms with Gasteiger partial charge in [-0.05, 0) is 17.5 Å². The predicted octanol–water partition coefficient (Wildman–Crippen LogP) is 0.969. The van der Waals surface area contributed by atoms with Crippen LogP contribution in [0.15, 0.2) is 24.3 Å². The molecule has 3 nitrogen and oxygen atoms in total. The van der Waals surface area contributed by atoms with E-state index in [-0.39, 0.29) is 6.61 Å². The predicted molar refractivity (Wildman–Crippen MR) is 53.6 cm³/mol. The zero-order valence-corrected chi connectivity index (χ0v) is 8.15. The molecular formula is C11H15NO2. The first kappa shape index (κ1) is 9.65. The second-order valence-electron chi connectivity index (χ2n) is 3.44. The first-order valence-corrected chi connectivity index (χ1v) is 4.95. The summed E-state index contributed by atoms with van der Waals surface area (Å²) in [6, 6.07) is 8.32. The maximum atomic E-state index is 8.81. The number of hydrogen-bond donors (Lipinski definition) is 1. The number of hydrogen-bond acceptors (Lipinski definition) is 3. The molecule has 14 heavy (non-hydrogen) atoms. The molecule has 0 bridgehead atoms. The number of β-amino-alcohol motifs (C(OH)–C–C–N with tert-alkyl or cyclic N) is 1. The highest BCUT2D eigenvalue weighted by Crippen LogP contribution is 2.15. The van der Waals surface area contributed by atoms with E-state index in [4.69, 9.17) is 9.94 Å². The topological polar surface area (TPSA) is 32.7 Å². The lowest BCUT2D eigenvalue weighted by molar-refractivity contribution is -0.169. The maximum absolute atomic E-state index is 8.81. The minimum atomic E-state index is 0.149. The number of hydroxylamine groups is 2. The number of rotatable bonds is 2. The van der Waals surface area contributed by atoms with Gasteiger partial charge in [-0.2, -0.15) is 5.06 Å². The molecule has 1 aromatic carbocycles. The molecule has 0 spiro atoms. The Morgan fingerprint density at radius 2 is 2.07 bits per heavy atom. The maximum Gasteiger partial charge on any atom is 0.0938 e. The molecule has 2 rings (SSSR count). The summed E-state index contributed by atoms with van der Waals surface area (Å²) in [5, 5.41) is 10.6. The summed E-state index contributed by atoms with van der Waals surface area (Å²) in [6.07, 6.45) is 0.996. The van der Waals surface area contributed by atoms with Gasteiger partial charge in [-0.3, -0.25) is 4.84 Å². The van der Waals surface area contributed by atoms with E-state index in [2.05, 4.69) is 18.2 Å². The third-order valence-electron chi connectivity index (χ3n) is 2.50. The average molecular weight is 193 g/mol. The van der Waals surface area contributed by atoms with E-state index in [1.54, 1.807) is 0 Å². The molecule has 1 aliphatic rings. The van der Waals surface area contributed by atoms with E-state index < -0.39 is 0 Å². The molecule has 0 fully saturated rings. The molecule has 76 valence electrons. The van der Waals surface area contributed by atoms with Gasteiger partial charge in [0.1, 0.15) is 0 Å². The van der Waals surface area contributed by atoms with Crippen LogP contribution in [-0.2, 0) is 17.9 Å². The number of aliphatic hydroxyl groups excluding tert-OH is 1. The largest absolute Gasteiger partial charge is 0.395 e. The monoisotopic (exact) mass is 193 g/mol. The van der Waals surface area contributed by atoms with Crippen molar-refractivity contribution in [2.75, 3.05) is 19.7 Å². The van der Waals surface area contributed by atoms with Gasteiger partial charge in [0.15, 0.2) is 0 Å².